The Balaban J connectivity index is 2.15. The number of ketones is 1. The molecule has 28 heavy (non-hydrogen) atoms. The van der Waals surface area contributed by atoms with Gasteiger partial charge in [0.2, 0.25) is 0 Å². The molecule has 1 heterocycles. The molecule has 0 bridgehead atoms. The molecule has 146 valence electrons. The number of rotatable bonds is 5. The third-order valence-electron chi connectivity index (χ3n) is 4.30. The first-order valence-corrected chi connectivity index (χ1v) is 10.3. The minimum Gasteiger partial charge on any atom is -0.293 e. The Kier molecular flexibility index (Phi) is 5.63. The minimum atomic E-state index is -4.34. The van der Waals surface area contributed by atoms with Crippen LogP contribution in [-0.2, 0) is 17.2 Å². The van der Waals surface area contributed by atoms with Crippen LogP contribution in [0.5, 0.6) is 0 Å². The molecule has 3 rings (SSSR count). The summed E-state index contributed by atoms with van der Waals surface area (Å²) in [6.07, 6.45) is 0. The highest BCUT2D eigenvalue weighted by Crippen LogP contribution is 2.32. The summed E-state index contributed by atoms with van der Waals surface area (Å²) in [7, 11) is -2.62. The van der Waals surface area contributed by atoms with Gasteiger partial charge >= 0.3 is 0 Å². The molecule has 0 aliphatic heterocycles. The van der Waals surface area contributed by atoms with Crippen molar-refractivity contribution in [2.24, 2.45) is 7.05 Å². The highest BCUT2D eigenvalue weighted by Gasteiger charge is 2.29. The Hall–Kier alpha value is -2.19. The van der Waals surface area contributed by atoms with Crippen LogP contribution in [0.4, 0.5) is 0 Å². The van der Waals surface area contributed by atoms with Crippen molar-refractivity contribution in [2.75, 3.05) is 0 Å². The predicted molar refractivity (Wildman–Crippen MR) is 107 cm³/mol. The molecule has 0 saturated heterocycles. The second kappa shape index (κ2) is 7.67. The Bertz CT molecular complexity index is 1160. The van der Waals surface area contributed by atoms with E-state index in [1.54, 1.807) is 29.9 Å². The normalized spacial score (nSPS) is 12.8. The third-order valence-corrected chi connectivity index (χ3v) is 5.72. The van der Waals surface area contributed by atoms with Gasteiger partial charge in [0.05, 0.1) is 27.2 Å². The number of hydrogen-bond acceptors (Lipinski definition) is 4. The second-order valence-corrected chi connectivity index (χ2v) is 8.56. The van der Waals surface area contributed by atoms with Crippen molar-refractivity contribution in [3.05, 3.63) is 81.1 Å². The number of carbonyl (C=O) groups is 1. The molecule has 0 fully saturated rings. The zero-order chi connectivity index (χ0) is 20.6. The fraction of sp³-hybridized carbons (Fsp3) is 0.158. The van der Waals surface area contributed by atoms with Gasteiger partial charge in [0.15, 0.2) is 5.78 Å². The van der Waals surface area contributed by atoms with Crippen LogP contribution >= 0.6 is 23.2 Å². The van der Waals surface area contributed by atoms with Crippen LogP contribution in [0.15, 0.2) is 53.4 Å². The Morgan fingerprint density at radius 3 is 2.25 bits per heavy atom. The Labute approximate surface area is 172 Å². The van der Waals surface area contributed by atoms with E-state index in [4.69, 9.17) is 23.2 Å². The fourth-order valence-corrected chi connectivity index (χ4v) is 4.02. The first-order valence-electron chi connectivity index (χ1n) is 8.15. The highest BCUT2D eigenvalue weighted by atomic mass is 35.5. The zero-order valence-electron chi connectivity index (χ0n) is 14.9. The summed E-state index contributed by atoms with van der Waals surface area (Å²) < 4.78 is 33.4. The summed E-state index contributed by atoms with van der Waals surface area (Å²) in [6.45, 7) is 1.81. The molecule has 0 radical (unpaired) electrons. The topological polar surface area (TPSA) is 89.3 Å². The van der Waals surface area contributed by atoms with E-state index in [1.807, 2.05) is 6.92 Å². The lowest BCUT2D eigenvalue weighted by molar-refractivity contribution is 0.0971. The molecule has 1 aromatic heterocycles. The molecule has 3 aromatic rings. The number of carbonyl (C=O) groups excluding carboxylic acids is 1. The maximum absolute atomic E-state index is 13.4. The van der Waals surface area contributed by atoms with E-state index in [2.05, 4.69) is 5.10 Å². The molecule has 2 aromatic carbocycles. The quantitative estimate of drug-likeness (QED) is 0.473. The summed E-state index contributed by atoms with van der Waals surface area (Å²) in [5, 5.41) is 4.93. The SMILES string of the molecule is Cc1cc(C(C(=O)c2ccc(Cl)cc2Cl)c2ccc(S(=O)(=O)O)cc2)n(C)n1. The standard InChI is InChI=1S/C19H16Cl2N2O4S/c1-11-9-17(23(2)22-11)18(12-3-6-14(7-4-12)28(25,26)27)19(24)15-8-5-13(20)10-16(15)21/h3-10,18H,1-2H3,(H,25,26,27). The molecule has 6 nitrogen and oxygen atoms in total. The second-order valence-electron chi connectivity index (χ2n) is 6.30. The van der Waals surface area contributed by atoms with Gasteiger partial charge in [-0.2, -0.15) is 13.5 Å². The predicted octanol–water partition coefficient (Wildman–Crippen LogP) is 4.30. The molecule has 1 unspecified atom stereocenters. The molecule has 0 spiro atoms. The van der Waals surface area contributed by atoms with E-state index in [1.165, 1.54) is 30.3 Å². The molecule has 1 atom stereocenters. The van der Waals surface area contributed by atoms with Crippen LogP contribution in [0.2, 0.25) is 10.0 Å². The number of hydrogen-bond donors (Lipinski definition) is 1. The molecular weight excluding hydrogens is 423 g/mol. The summed E-state index contributed by atoms with van der Waals surface area (Å²) >= 11 is 12.2. The highest BCUT2D eigenvalue weighted by molar-refractivity contribution is 7.85. The Morgan fingerprint density at radius 1 is 1.11 bits per heavy atom. The van der Waals surface area contributed by atoms with Crippen LogP contribution in [-0.4, -0.2) is 28.5 Å². The minimum absolute atomic E-state index is 0.218. The van der Waals surface area contributed by atoms with Crippen LogP contribution in [0.3, 0.4) is 0 Å². The van der Waals surface area contributed by atoms with Crippen molar-refractivity contribution in [3.63, 3.8) is 0 Å². The maximum atomic E-state index is 13.4. The number of Topliss-reactive ketones (excluding diaryl/α,β-unsaturated/α-hetero) is 1. The van der Waals surface area contributed by atoms with E-state index < -0.39 is 16.0 Å². The van der Waals surface area contributed by atoms with Gasteiger partial charge in [0.25, 0.3) is 10.1 Å². The lowest BCUT2D eigenvalue weighted by atomic mass is 9.87. The fourth-order valence-electron chi connectivity index (χ4n) is 3.03. The van der Waals surface area contributed by atoms with Crippen LogP contribution in [0, 0.1) is 6.92 Å². The van der Waals surface area contributed by atoms with Gasteiger partial charge in [-0.3, -0.25) is 14.0 Å². The Morgan fingerprint density at radius 2 is 1.75 bits per heavy atom. The summed E-state index contributed by atoms with van der Waals surface area (Å²) in [5.41, 5.74) is 2.17. The molecule has 0 amide bonds. The van der Waals surface area contributed by atoms with E-state index in [0.29, 0.717) is 16.3 Å². The first kappa shape index (κ1) is 20.5. The van der Waals surface area contributed by atoms with Gasteiger partial charge < -0.3 is 0 Å². The van der Waals surface area contributed by atoms with Gasteiger partial charge in [-0.25, -0.2) is 0 Å². The largest absolute Gasteiger partial charge is 0.294 e. The smallest absolute Gasteiger partial charge is 0.293 e. The molecule has 0 aliphatic carbocycles. The van der Waals surface area contributed by atoms with Gasteiger partial charge in [0, 0.05) is 17.6 Å². The van der Waals surface area contributed by atoms with E-state index in [-0.39, 0.29) is 21.3 Å². The third kappa shape index (κ3) is 4.12. The average molecular weight is 439 g/mol. The van der Waals surface area contributed by atoms with E-state index in [0.717, 1.165) is 5.69 Å². The van der Waals surface area contributed by atoms with Crippen molar-refractivity contribution < 1.29 is 17.8 Å². The van der Waals surface area contributed by atoms with Crippen molar-refractivity contribution in [1.29, 1.82) is 0 Å². The summed E-state index contributed by atoms with van der Waals surface area (Å²) in [5.74, 6) is -1.07. The number of aromatic nitrogens is 2. The van der Waals surface area contributed by atoms with Gasteiger partial charge in [-0.15, -0.1) is 0 Å². The molecule has 0 saturated carbocycles. The number of benzene rings is 2. The number of aryl methyl sites for hydroxylation is 2. The molecular formula is C19H16Cl2N2O4S. The van der Waals surface area contributed by atoms with Crippen LogP contribution in [0.1, 0.15) is 33.2 Å². The van der Waals surface area contributed by atoms with E-state index >= 15 is 0 Å². The number of halogens is 2. The lowest BCUT2D eigenvalue weighted by Gasteiger charge is -2.18. The first-order chi connectivity index (χ1) is 13.1. The van der Waals surface area contributed by atoms with Crippen molar-refractivity contribution in [3.8, 4) is 0 Å². The molecule has 9 heteroatoms. The van der Waals surface area contributed by atoms with Gasteiger partial charge in [-0.1, -0.05) is 35.3 Å². The summed E-state index contributed by atoms with van der Waals surface area (Å²) in [4.78, 5) is 13.1. The van der Waals surface area contributed by atoms with Crippen molar-refractivity contribution in [2.45, 2.75) is 17.7 Å². The zero-order valence-corrected chi connectivity index (χ0v) is 17.3. The molecule has 0 aliphatic rings. The van der Waals surface area contributed by atoms with Crippen molar-refractivity contribution in [1.82, 2.24) is 9.78 Å². The van der Waals surface area contributed by atoms with Crippen molar-refractivity contribution >= 4 is 39.1 Å². The summed E-state index contributed by atoms with van der Waals surface area (Å²) in [6, 6.07) is 11.9. The van der Waals surface area contributed by atoms with Crippen LogP contribution in [0.25, 0.3) is 0 Å². The van der Waals surface area contributed by atoms with Gasteiger partial charge in [-0.05, 0) is 48.9 Å². The monoisotopic (exact) mass is 438 g/mol. The van der Waals surface area contributed by atoms with Gasteiger partial charge in [0.1, 0.15) is 0 Å². The number of nitrogens with zero attached hydrogens (tertiary/aromatic N) is 2. The average Bonchev–Trinajstić information content (AvgIpc) is 2.92. The lowest BCUT2D eigenvalue weighted by Crippen LogP contribution is -2.18. The molecule has 1 N–H and O–H groups in total. The maximum Gasteiger partial charge on any atom is 0.294 e. The van der Waals surface area contributed by atoms with Crippen LogP contribution < -0.4 is 0 Å². The van der Waals surface area contributed by atoms with E-state index in [9.17, 15) is 17.8 Å².